The Hall–Kier alpha value is -3.57. The first-order valence-corrected chi connectivity index (χ1v) is 14.3. The van der Waals surface area contributed by atoms with Crippen molar-refractivity contribution in [2.24, 2.45) is 0 Å². The first-order chi connectivity index (χ1) is 18.8. The zero-order valence-corrected chi connectivity index (χ0v) is 25.0. The number of phenolic OH excluding ortho intramolecular Hbond substituents is 1. The van der Waals surface area contributed by atoms with Crippen molar-refractivity contribution < 1.29 is 9.90 Å². The number of amides is 1. The molecule has 2 heterocycles. The molecule has 1 aliphatic rings. The maximum Gasteiger partial charge on any atom is 0.224 e. The Morgan fingerprint density at radius 2 is 1.65 bits per heavy atom. The van der Waals surface area contributed by atoms with E-state index in [1.807, 2.05) is 48.5 Å². The highest BCUT2D eigenvalue weighted by Crippen LogP contribution is 2.42. The Morgan fingerprint density at radius 3 is 2.30 bits per heavy atom. The van der Waals surface area contributed by atoms with E-state index < -0.39 is 0 Å². The van der Waals surface area contributed by atoms with E-state index in [1.165, 1.54) is 0 Å². The normalized spacial score (nSPS) is 13.5. The second-order valence-corrected chi connectivity index (χ2v) is 13.2. The fourth-order valence-electron chi connectivity index (χ4n) is 5.51. The average molecular weight is 556 g/mol. The van der Waals surface area contributed by atoms with Gasteiger partial charge in [-0.25, -0.2) is 4.98 Å². The summed E-state index contributed by atoms with van der Waals surface area (Å²) in [5, 5.41) is 15.9. The minimum absolute atomic E-state index is 0.0394. The van der Waals surface area contributed by atoms with Crippen LogP contribution in [0.25, 0.3) is 10.9 Å². The molecule has 5 nitrogen and oxygen atoms in total. The number of fused-ring (bicyclic) bond motifs is 2. The Morgan fingerprint density at radius 1 is 0.975 bits per heavy atom. The van der Waals surface area contributed by atoms with Crippen molar-refractivity contribution in [2.75, 3.05) is 16.8 Å². The topological polar surface area (TPSA) is 65.5 Å². The highest BCUT2D eigenvalue weighted by Gasteiger charge is 2.29. The number of hydrogen-bond acceptors (Lipinski definition) is 4. The first-order valence-electron chi connectivity index (χ1n) is 13.9. The molecule has 0 radical (unpaired) electrons. The van der Waals surface area contributed by atoms with Crippen molar-refractivity contribution in [3.63, 3.8) is 0 Å². The van der Waals surface area contributed by atoms with Gasteiger partial charge in [-0.15, -0.1) is 0 Å². The smallest absolute Gasteiger partial charge is 0.224 e. The monoisotopic (exact) mass is 555 g/mol. The number of carbonyl (C=O) groups excluding carboxylic acids is 1. The molecule has 4 aromatic rings. The van der Waals surface area contributed by atoms with Crippen LogP contribution in [0.15, 0.2) is 60.7 Å². The molecule has 0 aliphatic carbocycles. The highest BCUT2D eigenvalue weighted by molar-refractivity contribution is 6.30. The largest absolute Gasteiger partial charge is 0.507 e. The third kappa shape index (κ3) is 5.53. The molecule has 1 aliphatic heterocycles. The van der Waals surface area contributed by atoms with E-state index in [0.717, 1.165) is 63.3 Å². The summed E-state index contributed by atoms with van der Waals surface area (Å²) in [5.41, 5.74) is 6.16. The fourth-order valence-corrected chi connectivity index (χ4v) is 5.69. The molecule has 0 atom stereocenters. The zero-order valence-electron chi connectivity index (χ0n) is 24.2. The molecule has 0 fully saturated rings. The van der Waals surface area contributed by atoms with Crippen LogP contribution in [0.4, 0.5) is 17.2 Å². The van der Waals surface area contributed by atoms with Gasteiger partial charge in [-0.3, -0.25) is 4.79 Å². The molecular formula is C34H38ClN3O2. The number of nitrogens with zero attached hydrogens (tertiary/aromatic N) is 2. The Kier molecular flexibility index (Phi) is 7.30. The van der Waals surface area contributed by atoms with Gasteiger partial charge in [0.1, 0.15) is 11.6 Å². The van der Waals surface area contributed by atoms with Crippen molar-refractivity contribution in [3.05, 3.63) is 87.9 Å². The van der Waals surface area contributed by atoms with Gasteiger partial charge in [-0.05, 0) is 64.6 Å². The summed E-state index contributed by atoms with van der Waals surface area (Å²) in [4.78, 5) is 20.6. The predicted molar refractivity (Wildman–Crippen MR) is 166 cm³/mol. The molecule has 208 valence electrons. The highest BCUT2D eigenvalue weighted by atomic mass is 35.5. The molecule has 5 rings (SSSR count). The molecule has 2 N–H and O–H groups in total. The van der Waals surface area contributed by atoms with Gasteiger partial charge in [0.25, 0.3) is 0 Å². The van der Waals surface area contributed by atoms with Crippen LogP contribution in [-0.2, 0) is 28.5 Å². The standard InChI is InChI=1S/C34H38ClN3O2/c1-33(2,3)26-18-21(19-27(31(26)40)34(4,5)6)14-15-29(39)37-30-24-12-7-8-13-28(24)36-32-25(30)16-17-38(32)23-11-9-10-22(35)20-23/h7-13,18-20,40H,14-17H2,1-6H3,(H,36,37,39). The molecule has 0 spiro atoms. The van der Waals surface area contributed by atoms with Crippen LogP contribution < -0.4 is 10.2 Å². The number of para-hydroxylation sites is 1. The lowest BCUT2D eigenvalue weighted by atomic mass is 9.78. The summed E-state index contributed by atoms with van der Waals surface area (Å²) in [6.07, 6.45) is 1.69. The molecular weight excluding hydrogens is 518 g/mol. The molecule has 3 aromatic carbocycles. The van der Waals surface area contributed by atoms with Crippen LogP contribution in [0.1, 0.15) is 70.2 Å². The number of phenols is 1. The quantitative estimate of drug-likeness (QED) is 0.259. The van der Waals surface area contributed by atoms with Gasteiger partial charge >= 0.3 is 0 Å². The van der Waals surface area contributed by atoms with Crippen LogP contribution in [0, 0.1) is 0 Å². The number of carbonyl (C=O) groups is 1. The minimum Gasteiger partial charge on any atom is -0.507 e. The molecule has 40 heavy (non-hydrogen) atoms. The Bertz CT molecular complexity index is 1560. The number of halogens is 1. The van der Waals surface area contributed by atoms with Crippen LogP contribution in [0.2, 0.25) is 5.02 Å². The van der Waals surface area contributed by atoms with Crippen LogP contribution in [-0.4, -0.2) is 22.5 Å². The number of hydrogen-bond donors (Lipinski definition) is 2. The van der Waals surface area contributed by atoms with E-state index in [2.05, 4.69) is 63.9 Å². The van der Waals surface area contributed by atoms with Gasteiger partial charge in [-0.2, -0.15) is 0 Å². The van der Waals surface area contributed by atoms with Crippen molar-refractivity contribution in [3.8, 4) is 5.75 Å². The lowest BCUT2D eigenvalue weighted by molar-refractivity contribution is -0.116. The van der Waals surface area contributed by atoms with E-state index in [1.54, 1.807) is 0 Å². The van der Waals surface area contributed by atoms with Crippen LogP contribution >= 0.6 is 11.6 Å². The second kappa shape index (κ2) is 10.4. The van der Waals surface area contributed by atoms with Gasteiger partial charge in [0.15, 0.2) is 0 Å². The number of nitrogens with one attached hydrogen (secondary N) is 1. The SMILES string of the molecule is CC(C)(C)c1cc(CCC(=O)Nc2c3c(nc4ccccc24)N(c2cccc(Cl)c2)CC3)cc(C(C)(C)C)c1O. The van der Waals surface area contributed by atoms with Crippen molar-refractivity contribution >= 4 is 45.6 Å². The number of benzene rings is 3. The predicted octanol–water partition coefficient (Wildman–Crippen LogP) is 8.45. The fraction of sp³-hybridized carbons (Fsp3) is 0.353. The Balaban J connectivity index is 1.45. The summed E-state index contributed by atoms with van der Waals surface area (Å²) in [6.45, 7) is 13.4. The van der Waals surface area contributed by atoms with Crippen molar-refractivity contribution in [1.82, 2.24) is 4.98 Å². The molecule has 0 saturated heterocycles. The summed E-state index contributed by atoms with van der Waals surface area (Å²) >= 11 is 6.29. The third-order valence-corrected chi connectivity index (χ3v) is 7.86. The molecule has 1 amide bonds. The van der Waals surface area contributed by atoms with E-state index >= 15 is 0 Å². The summed E-state index contributed by atoms with van der Waals surface area (Å²) < 4.78 is 0. The van der Waals surface area contributed by atoms with E-state index in [9.17, 15) is 9.90 Å². The molecule has 0 bridgehead atoms. The maximum atomic E-state index is 13.4. The zero-order chi connectivity index (χ0) is 28.8. The van der Waals surface area contributed by atoms with E-state index in [0.29, 0.717) is 23.6 Å². The minimum atomic E-state index is -0.215. The van der Waals surface area contributed by atoms with Gasteiger partial charge in [-0.1, -0.05) is 89.5 Å². The molecule has 6 heteroatoms. The van der Waals surface area contributed by atoms with Gasteiger partial charge < -0.3 is 15.3 Å². The van der Waals surface area contributed by atoms with Crippen molar-refractivity contribution in [1.29, 1.82) is 0 Å². The Labute approximate surface area is 242 Å². The molecule has 0 unspecified atom stereocenters. The average Bonchev–Trinajstić information content (AvgIpc) is 3.30. The summed E-state index contributed by atoms with van der Waals surface area (Å²) in [7, 11) is 0. The van der Waals surface area contributed by atoms with Gasteiger partial charge in [0.2, 0.25) is 5.91 Å². The lowest BCUT2D eigenvalue weighted by Gasteiger charge is -2.28. The number of pyridine rings is 1. The maximum absolute atomic E-state index is 13.4. The lowest BCUT2D eigenvalue weighted by Crippen LogP contribution is -2.19. The van der Waals surface area contributed by atoms with Crippen LogP contribution in [0.5, 0.6) is 5.75 Å². The van der Waals surface area contributed by atoms with Gasteiger partial charge in [0, 0.05) is 34.6 Å². The number of anilines is 3. The van der Waals surface area contributed by atoms with E-state index in [-0.39, 0.29) is 16.7 Å². The van der Waals surface area contributed by atoms with Gasteiger partial charge in [0.05, 0.1) is 11.2 Å². The number of aromatic hydroxyl groups is 1. The van der Waals surface area contributed by atoms with Crippen molar-refractivity contribution in [2.45, 2.75) is 71.6 Å². The van der Waals surface area contributed by atoms with Crippen LogP contribution in [0.3, 0.4) is 0 Å². The second-order valence-electron chi connectivity index (χ2n) is 12.8. The number of aromatic nitrogens is 1. The molecule has 1 aromatic heterocycles. The summed E-state index contributed by atoms with van der Waals surface area (Å²) in [6, 6.07) is 19.9. The van der Waals surface area contributed by atoms with E-state index in [4.69, 9.17) is 16.6 Å². The summed E-state index contributed by atoms with van der Waals surface area (Å²) in [5.74, 6) is 1.18. The molecule has 0 saturated carbocycles. The number of aryl methyl sites for hydroxylation is 1. The first kappa shape index (κ1) is 28.0. The third-order valence-electron chi connectivity index (χ3n) is 7.62. The number of rotatable bonds is 5.